The molecule has 1 aromatic rings. The van der Waals surface area contributed by atoms with Crippen molar-refractivity contribution in [3.05, 3.63) is 30.1 Å². The van der Waals surface area contributed by atoms with E-state index < -0.39 is 0 Å². The minimum atomic E-state index is -0.00990. The van der Waals surface area contributed by atoms with Crippen molar-refractivity contribution < 1.29 is 4.79 Å². The molecule has 70 valence electrons. The molecule has 0 spiro atoms. The van der Waals surface area contributed by atoms with Gasteiger partial charge in [-0.2, -0.15) is 0 Å². The van der Waals surface area contributed by atoms with Gasteiger partial charge in [-0.25, -0.2) is 0 Å². The number of carbonyl (C=O) groups excluding carboxylic acids is 1. The Hall–Kier alpha value is -0.900. The monoisotopic (exact) mass is 242 g/mol. The molecule has 0 aliphatic heterocycles. The number of nitrogens with one attached hydrogen (secondary N) is 1. The molecule has 1 N–H and O–H groups in total. The van der Waals surface area contributed by atoms with Crippen molar-refractivity contribution in [2.45, 2.75) is 13.0 Å². The van der Waals surface area contributed by atoms with Gasteiger partial charge >= 0.3 is 0 Å². The van der Waals surface area contributed by atoms with Gasteiger partial charge in [0.25, 0.3) is 0 Å². The summed E-state index contributed by atoms with van der Waals surface area (Å²) >= 11 is 3.09. The Kier molecular flexibility index (Phi) is 3.89. The van der Waals surface area contributed by atoms with Crippen molar-refractivity contribution in [2.75, 3.05) is 5.33 Å². The van der Waals surface area contributed by atoms with Gasteiger partial charge in [0.2, 0.25) is 5.91 Å². The van der Waals surface area contributed by atoms with E-state index in [0.29, 0.717) is 5.33 Å². The lowest BCUT2D eigenvalue weighted by Crippen LogP contribution is -2.27. The Morgan fingerprint density at radius 2 is 2.23 bits per heavy atom. The zero-order valence-corrected chi connectivity index (χ0v) is 8.91. The van der Waals surface area contributed by atoms with Crippen molar-refractivity contribution in [1.29, 1.82) is 0 Å². The lowest BCUT2D eigenvalue weighted by atomic mass is 10.1. The minimum absolute atomic E-state index is 0.00990. The summed E-state index contributed by atoms with van der Waals surface area (Å²) in [7, 11) is 0. The maximum Gasteiger partial charge on any atom is 0.231 e. The molecule has 0 unspecified atom stereocenters. The van der Waals surface area contributed by atoms with E-state index in [9.17, 15) is 4.79 Å². The third-order valence-electron chi connectivity index (χ3n) is 1.70. The van der Waals surface area contributed by atoms with Crippen LogP contribution in [0.5, 0.6) is 0 Å². The van der Waals surface area contributed by atoms with Crippen LogP contribution in [-0.2, 0) is 4.79 Å². The molecule has 13 heavy (non-hydrogen) atoms. The molecular weight excluding hydrogens is 232 g/mol. The van der Waals surface area contributed by atoms with E-state index >= 15 is 0 Å². The van der Waals surface area contributed by atoms with Gasteiger partial charge in [-0.05, 0) is 24.6 Å². The molecule has 0 aliphatic carbocycles. The first-order valence-electron chi connectivity index (χ1n) is 3.99. The molecule has 0 aliphatic rings. The third-order valence-corrected chi connectivity index (χ3v) is 2.21. The molecule has 0 bridgehead atoms. The Bertz CT molecular complexity index is 276. The second-order valence-corrected chi connectivity index (χ2v) is 3.26. The van der Waals surface area contributed by atoms with Crippen LogP contribution in [0.15, 0.2) is 24.5 Å². The third kappa shape index (κ3) is 3.14. The normalized spacial score (nSPS) is 12.2. The van der Waals surface area contributed by atoms with Crippen LogP contribution in [0.3, 0.4) is 0 Å². The first-order chi connectivity index (χ1) is 6.24. The van der Waals surface area contributed by atoms with Gasteiger partial charge in [0.05, 0.1) is 11.4 Å². The van der Waals surface area contributed by atoms with E-state index in [1.807, 2.05) is 19.1 Å². The van der Waals surface area contributed by atoms with Gasteiger partial charge < -0.3 is 5.32 Å². The highest BCUT2D eigenvalue weighted by atomic mass is 79.9. The summed E-state index contributed by atoms with van der Waals surface area (Å²) in [5, 5.41) is 3.17. The maximum absolute atomic E-state index is 11.0. The van der Waals surface area contributed by atoms with Crippen molar-refractivity contribution in [1.82, 2.24) is 10.3 Å². The highest BCUT2D eigenvalue weighted by molar-refractivity contribution is 9.09. The van der Waals surface area contributed by atoms with Crippen LogP contribution >= 0.6 is 15.9 Å². The van der Waals surface area contributed by atoms with Crippen LogP contribution in [0.4, 0.5) is 0 Å². The van der Waals surface area contributed by atoms with Gasteiger partial charge in [-0.1, -0.05) is 15.9 Å². The number of pyridine rings is 1. The average Bonchev–Trinajstić information content (AvgIpc) is 2.19. The number of halogens is 1. The highest BCUT2D eigenvalue weighted by Gasteiger charge is 2.06. The first-order valence-corrected chi connectivity index (χ1v) is 5.11. The fourth-order valence-electron chi connectivity index (χ4n) is 1.02. The molecule has 1 atom stereocenters. The number of hydrogen-bond acceptors (Lipinski definition) is 2. The first kappa shape index (κ1) is 10.2. The predicted octanol–water partition coefficient (Wildman–Crippen LogP) is 1.65. The number of nitrogens with zero attached hydrogens (tertiary/aromatic N) is 1. The van der Waals surface area contributed by atoms with E-state index in [1.165, 1.54) is 0 Å². The molecule has 1 rings (SSSR count). The molecule has 0 aromatic carbocycles. The van der Waals surface area contributed by atoms with E-state index in [-0.39, 0.29) is 11.9 Å². The summed E-state index contributed by atoms with van der Waals surface area (Å²) in [6.45, 7) is 1.94. The van der Waals surface area contributed by atoms with Gasteiger partial charge in [-0.3, -0.25) is 9.78 Å². The molecule has 0 radical (unpaired) electrons. The molecule has 3 nitrogen and oxygen atoms in total. The van der Waals surface area contributed by atoms with Crippen LogP contribution in [0.1, 0.15) is 18.5 Å². The van der Waals surface area contributed by atoms with Gasteiger partial charge in [0.15, 0.2) is 0 Å². The number of aromatic nitrogens is 1. The predicted molar refractivity (Wildman–Crippen MR) is 54.6 cm³/mol. The molecule has 4 heteroatoms. The molecule has 0 saturated carbocycles. The Morgan fingerprint density at radius 3 is 2.77 bits per heavy atom. The lowest BCUT2D eigenvalue weighted by Gasteiger charge is -2.12. The van der Waals surface area contributed by atoms with Crippen LogP contribution in [0.2, 0.25) is 0 Å². The standard InChI is InChI=1S/C9H11BrN2O/c1-7(12-9(13)6-10)8-2-4-11-5-3-8/h2-5,7H,6H2,1H3,(H,12,13)/t7-/m0/s1. The number of rotatable bonds is 3. The zero-order chi connectivity index (χ0) is 9.68. The SMILES string of the molecule is C[C@H](NC(=O)CBr)c1ccncc1. The van der Waals surface area contributed by atoms with Gasteiger partial charge in [0, 0.05) is 12.4 Å². The minimum Gasteiger partial charge on any atom is -0.349 e. The summed E-state index contributed by atoms with van der Waals surface area (Å²) in [4.78, 5) is 14.9. The van der Waals surface area contributed by atoms with Crippen molar-refractivity contribution in [2.24, 2.45) is 0 Å². The fourth-order valence-corrected chi connectivity index (χ4v) is 1.18. The quantitative estimate of drug-likeness (QED) is 0.820. The summed E-state index contributed by atoms with van der Waals surface area (Å²) in [5.74, 6) is -0.00990. The maximum atomic E-state index is 11.0. The van der Waals surface area contributed by atoms with Crippen LogP contribution in [-0.4, -0.2) is 16.2 Å². The van der Waals surface area contributed by atoms with Crippen LogP contribution < -0.4 is 5.32 Å². The van der Waals surface area contributed by atoms with E-state index in [4.69, 9.17) is 0 Å². The number of alkyl halides is 1. The second kappa shape index (κ2) is 4.97. The smallest absolute Gasteiger partial charge is 0.231 e. The fraction of sp³-hybridized carbons (Fsp3) is 0.333. The largest absolute Gasteiger partial charge is 0.349 e. The van der Waals surface area contributed by atoms with Gasteiger partial charge in [-0.15, -0.1) is 0 Å². The van der Waals surface area contributed by atoms with Crippen molar-refractivity contribution in [3.8, 4) is 0 Å². The molecular formula is C9H11BrN2O. The number of amides is 1. The topological polar surface area (TPSA) is 42.0 Å². The molecule has 1 aromatic heterocycles. The summed E-state index contributed by atoms with van der Waals surface area (Å²) in [6, 6.07) is 3.81. The van der Waals surface area contributed by atoms with E-state index in [2.05, 4.69) is 26.2 Å². The number of hydrogen-bond donors (Lipinski definition) is 1. The summed E-state index contributed by atoms with van der Waals surface area (Å²) in [5.41, 5.74) is 1.06. The highest BCUT2D eigenvalue weighted by Crippen LogP contribution is 2.09. The Balaban J connectivity index is 2.59. The summed E-state index contributed by atoms with van der Waals surface area (Å²) in [6.07, 6.45) is 3.43. The molecule has 0 fully saturated rings. The Morgan fingerprint density at radius 1 is 1.62 bits per heavy atom. The van der Waals surface area contributed by atoms with E-state index in [0.717, 1.165) is 5.56 Å². The Labute approximate surface area is 85.7 Å². The second-order valence-electron chi connectivity index (χ2n) is 2.70. The lowest BCUT2D eigenvalue weighted by molar-refractivity contribution is -0.119. The molecule has 1 amide bonds. The molecule has 0 saturated heterocycles. The molecule has 1 heterocycles. The average molecular weight is 243 g/mol. The van der Waals surface area contributed by atoms with E-state index in [1.54, 1.807) is 12.4 Å². The van der Waals surface area contributed by atoms with Crippen LogP contribution in [0.25, 0.3) is 0 Å². The van der Waals surface area contributed by atoms with Crippen molar-refractivity contribution >= 4 is 21.8 Å². The number of carbonyl (C=O) groups is 1. The van der Waals surface area contributed by atoms with Crippen LogP contribution in [0, 0.1) is 0 Å². The summed E-state index contributed by atoms with van der Waals surface area (Å²) < 4.78 is 0. The van der Waals surface area contributed by atoms with Gasteiger partial charge in [0.1, 0.15) is 0 Å². The van der Waals surface area contributed by atoms with Crippen molar-refractivity contribution in [3.63, 3.8) is 0 Å². The zero-order valence-electron chi connectivity index (χ0n) is 7.33.